The second-order valence-electron chi connectivity index (χ2n) is 6.87. The van der Waals surface area contributed by atoms with Gasteiger partial charge in [-0.1, -0.05) is 18.2 Å². The number of imidazole rings is 1. The molecule has 1 atom stereocenters. The number of pyridine rings is 1. The van der Waals surface area contributed by atoms with E-state index in [2.05, 4.69) is 4.98 Å². The molecule has 1 aromatic carbocycles. The van der Waals surface area contributed by atoms with Crippen molar-refractivity contribution in [1.29, 1.82) is 0 Å². The number of halogens is 1. The van der Waals surface area contributed by atoms with E-state index in [4.69, 9.17) is 4.98 Å². The number of aromatic nitrogens is 3. The van der Waals surface area contributed by atoms with E-state index in [0.29, 0.717) is 13.0 Å². The number of amides is 1. The average Bonchev–Trinajstić information content (AvgIpc) is 3.25. The predicted octanol–water partition coefficient (Wildman–Crippen LogP) is 3.36. The van der Waals surface area contributed by atoms with Crippen molar-refractivity contribution < 1.29 is 9.18 Å². The molecule has 6 heteroatoms. The van der Waals surface area contributed by atoms with Crippen LogP contribution < -0.4 is 0 Å². The van der Waals surface area contributed by atoms with Gasteiger partial charge in [0.25, 0.3) is 0 Å². The zero-order chi connectivity index (χ0) is 18.6. The van der Waals surface area contributed by atoms with Crippen LogP contribution in [0.5, 0.6) is 0 Å². The lowest BCUT2D eigenvalue weighted by molar-refractivity contribution is -0.131. The average molecular weight is 364 g/mol. The number of likely N-dealkylation sites (tertiary alicyclic amines) is 1. The van der Waals surface area contributed by atoms with Gasteiger partial charge in [-0.25, -0.2) is 14.4 Å². The molecule has 138 valence electrons. The fourth-order valence-corrected chi connectivity index (χ4v) is 3.54. The molecule has 0 bridgehead atoms. The highest BCUT2D eigenvalue weighted by Crippen LogP contribution is 2.26. The Bertz CT molecular complexity index is 908. The highest BCUT2D eigenvalue weighted by molar-refractivity contribution is 5.79. The topological polar surface area (TPSA) is 51.0 Å². The summed E-state index contributed by atoms with van der Waals surface area (Å²) in [6, 6.07) is 12.1. The summed E-state index contributed by atoms with van der Waals surface area (Å²) in [5, 5.41) is 0. The summed E-state index contributed by atoms with van der Waals surface area (Å²) in [5.41, 5.74) is 1.84. The highest BCUT2D eigenvalue weighted by Gasteiger charge is 2.25. The number of rotatable bonds is 4. The molecule has 1 aliphatic heterocycles. The zero-order valence-electron chi connectivity index (χ0n) is 15.0. The molecule has 1 aliphatic rings. The number of hydrogen-bond acceptors (Lipinski definition) is 3. The third-order valence-corrected chi connectivity index (χ3v) is 4.99. The largest absolute Gasteiger partial charge is 0.342 e. The van der Waals surface area contributed by atoms with Gasteiger partial charge in [0.2, 0.25) is 5.91 Å². The normalized spacial score (nSPS) is 17.1. The summed E-state index contributed by atoms with van der Waals surface area (Å²) in [7, 11) is 0. The van der Waals surface area contributed by atoms with Gasteiger partial charge in [0, 0.05) is 37.1 Å². The number of piperidine rings is 1. The van der Waals surface area contributed by atoms with E-state index in [0.717, 1.165) is 36.5 Å². The minimum atomic E-state index is -0.284. The van der Waals surface area contributed by atoms with Crippen molar-refractivity contribution in [3.8, 4) is 5.82 Å². The van der Waals surface area contributed by atoms with Crippen LogP contribution in [0.15, 0.2) is 61.2 Å². The van der Waals surface area contributed by atoms with Crippen molar-refractivity contribution in [3.63, 3.8) is 0 Å². The first-order valence-electron chi connectivity index (χ1n) is 9.16. The van der Waals surface area contributed by atoms with E-state index in [1.54, 1.807) is 24.7 Å². The van der Waals surface area contributed by atoms with Gasteiger partial charge in [-0.3, -0.25) is 9.36 Å². The van der Waals surface area contributed by atoms with Crippen LogP contribution in [0.2, 0.25) is 0 Å². The molecule has 0 unspecified atom stereocenters. The summed E-state index contributed by atoms with van der Waals surface area (Å²) < 4.78 is 14.9. The molecular weight excluding hydrogens is 343 g/mol. The first-order valence-corrected chi connectivity index (χ1v) is 9.16. The molecule has 1 saturated heterocycles. The van der Waals surface area contributed by atoms with E-state index in [1.165, 1.54) is 12.1 Å². The lowest BCUT2D eigenvalue weighted by Gasteiger charge is -2.32. The van der Waals surface area contributed by atoms with Crippen LogP contribution in [0.4, 0.5) is 4.39 Å². The minimum Gasteiger partial charge on any atom is -0.342 e. The lowest BCUT2D eigenvalue weighted by Crippen LogP contribution is -2.40. The number of nitrogens with zero attached hydrogens (tertiary/aromatic N) is 4. The molecule has 27 heavy (non-hydrogen) atoms. The van der Waals surface area contributed by atoms with E-state index in [-0.39, 0.29) is 17.6 Å². The summed E-state index contributed by atoms with van der Waals surface area (Å²) in [5.74, 6) is 0.851. The van der Waals surface area contributed by atoms with Crippen molar-refractivity contribution in [2.45, 2.75) is 25.2 Å². The second kappa shape index (κ2) is 7.70. The minimum absolute atomic E-state index is 0.0806. The van der Waals surface area contributed by atoms with Crippen LogP contribution in [0, 0.1) is 5.82 Å². The summed E-state index contributed by atoms with van der Waals surface area (Å²) in [6.45, 7) is 1.43. The van der Waals surface area contributed by atoms with Crippen molar-refractivity contribution in [2.75, 3.05) is 13.1 Å². The predicted molar refractivity (Wildman–Crippen MR) is 100 cm³/mol. The van der Waals surface area contributed by atoms with Crippen LogP contribution in [-0.2, 0) is 11.2 Å². The third kappa shape index (κ3) is 4.05. The Balaban J connectivity index is 1.45. The molecule has 1 amide bonds. The van der Waals surface area contributed by atoms with Crippen LogP contribution in [0.3, 0.4) is 0 Å². The Morgan fingerprint density at radius 2 is 2.04 bits per heavy atom. The zero-order valence-corrected chi connectivity index (χ0v) is 15.0. The van der Waals surface area contributed by atoms with Gasteiger partial charge in [0.05, 0.1) is 6.42 Å². The Hall–Kier alpha value is -3.02. The first kappa shape index (κ1) is 17.4. The maximum Gasteiger partial charge on any atom is 0.227 e. The van der Waals surface area contributed by atoms with E-state index in [9.17, 15) is 9.18 Å². The van der Waals surface area contributed by atoms with Gasteiger partial charge < -0.3 is 4.90 Å². The van der Waals surface area contributed by atoms with Crippen molar-refractivity contribution in [3.05, 3.63) is 78.3 Å². The van der Waals surface area contributed by atoms with E-state index >= 15 is 0 Å². The Morgan fingerprint density at radius 3 is 2.81 bits per heavy atom. The molecule has 1 fully saturated rings. The highest BCUT2D eigenvalue weighted by atomic mass is 19.1. The SMILES string of the molecule is O=C(Cc1ccc(F)cc1)N1CCC[C@@H](c2cccc(-n3ccnc3)n2)C1. The molecule has 0 aliphatic carbocycles. The molecule has 0 N–H and O–H groups in total. The third-order valence-electron chi connectivity index (χ3n) is 4.99. The lowest BCUT2D eigenvalue weighted by atomic mass is 9.93. The fraction of sp³-hybridized carbons (Fsp3) is 0.286. The Kier molecular flexibility index (Phi) is 4.96. The molecule has 0 spiro atoms. The molecule has 3 aromatic rings. The van der Waals surface area contributed by atoms with E-state index in [1.807, 2.05) is 33.9 Å². The van der Waals surface area contributed by atoms with Crippen LogP contribution in [0.1, 0.15) is 30.0 Å². The van der Waals surface area contributed by atoms with Gasteiger partial charge in [-0.05, 0) is 42.7 Å². The van der Waals surface area contributed by atoms with Gasteiger partial charge in [-0.15, -0.1) is 0 Å². The van der Waals surface area contributed by atoms with Gasteiger partial charge in [0.1, 0.15) is 18.0 Å². The number of benzene rings is 1. The van der Waals surface area contributed by atoms with Crippen molar-refractivity contribution >= 4 is 5.91 Å². The molecule has 0 radical (unpaired) electrons. The van der Waals surface area contributed by atoms with Crippen molar-refractivity contribution in [2.24, 2.45) is 0 Å². The summed E-state index contributed by atoms with van der Waals surface area (Å²) in [4.78, 5) is 23.4. The smallest absolute Gasteiger partial charge is 0.227 e. The summed E-state index contributed by atoms with van der Waals surface area (Å²) in [6.07, 6.45) is 7.59. The number of hydrogen-bond donors (Lipinski definition) is 0. The maximum absolute atomic E-state index is 13.0. The van der Waals surface area contributed by atoms with Gasteiger partial charge in [-0.2, -0.15) is 0 Å². The van der Waals surface area contributed by atoms with Crippen LogP contribution >= 0.6 is 0 Å². The number of carbonyl (C=O) groups is 1. The standard InChI is InChI=1S/C21H21FN4O/c22-18-8-6-16(7-9-18)13-21(27)25-11-2-3-17(14-25)19-4-1-5-20(24-19)26-12-10-23-15-26/h1,4-10,12,15,17H,2-3,11,13-14H2/t17-/m1/s1. The quantitative estimate of drug-likeness (QED) is 0.713. The van der Waals surface area contributed by atoms with Gasteiger partial charge in [0.15, 0.2) is 0 Å². The molecule has 3 heterocycles. The molecule has 0 saturated carbocycles. The number of carbonyl (C=O) groups excluding carboxylic acids is 1. The van der Waals surface area contributed by atoms with Crippen LogP contribution in [0.25, 0.3) is 5.82 Å². The fourth-order valence-electron chi connectivity index (χ4n) is 3.54. The van der Waals surface area contributed by atoms with Crippen LogP contribution in [-0.4, -0.2) is 38.4 Å². The maximum atomic E-state index is 13.0. The molecule has 2 aromatic heterocycles. The van der Waals surface area contributed by atoms with E-state index < -0.39 is 0 Å². The van der Waals surface area contributed by atoms with Crippen molar-refractivity contribution in [1.82, 2.24) is 19.4 Å². The second-order valence-corrected chi connectivity index (χ2v) is 6.87. The molecule has 4 rings (SSSR count). The van der Waals surface area contributed by atoms with Gasteiger partial charge >= 0.3 is 0 Å². The summed E-state index contributed by atoms with van der Waals surface area (Å²) >= 11 is 0. The molecular formula is C21H21FN4O. The monoisotopic (exact) mass is 364 g/mol. The Labute approximate surface area is 157 Å². The first-order chi connectivity index (χ1) is 13.2. The molecule has 5 nitrogen and oxygen atoms in total. The Morgan fingerprint density at radius 1 is 1.19 bits per heavy atom.